The number of rotatable bonds is 3. The van der Waals surface area contributed by atoms with E-state index in [1.54, 1.807) is 0 Å². The molecule has 2 rings (SSSR count). The number of aromatic nitrogens is 1. The van der Waals surface area contributed by atoms with Crippen molar-refractivity contribution < 1.29 is 0 Å². The number of pyridine rings is 1. The molecule has 2 atom stereocenters. The second kappa shape index (κ2) is 4.31. The monoisotopic (exact) mass is 204 g/mol. The summed E-state index contributed by atoms with van der Waals surface area (Å²) in [6.45, 7) is 2.26. The Labute approximate surface area is 91.9 Å². The molecule has 0 aromatic carbocycles. The van der Waals surface area contributed by atoms with Crippen molar-refractivity contribution >= 4 is 0 Å². The molecule has 1 aliphatic carbocycles. The molecule has 0 amide bonds. The molecule has 1 aliphatic rings. The average molecular weight is 204 g/mol. The van der Waals surface area contributed by atoms with Gasteiger partial charge >= 0.3 is 0 Å². The second-order valence-electron chi connectivity index (χ2n) is 4.92. The van der Waals surface area contributed by atoms with Gasteiger partial charge in [0.1, 0.15) is 0 Å². The first-order valence-electron chi connectivity index (χ1n) is 5.90. The fourth-order valence-corrected chi connectivity index (χ4v) is 2.69. The molecule has 1 aromatic rings. The van der Waals surface area contributed by atoms with Crippen molar-refractivity contribution in [1.82, 2.24) is 4.98 Å². The van der Waals surface area contributed by atoms with Gasteiger partial charge in [-0.2, -0.15) is 0 Å². The Morgan fingerprint density at radius 1 is 1.60 bits per heavy atom. The van der Waals surface area contributed by atoms with Crippen molar-refractivity contribution in [2.45, 2.75) is 44.6 Å². The van der Waals surface area contributed by atoms with E-state index in [4.69, 9.17) is 5.73 Å². The first-order valence-corrected chi connectivity index (χ1v) is 5.90. The summed E-state index contributed by atoms with van der Waals surface area (Å²) in [6, 6.07) is 4.12. The Hall–Kier alpha value is -0.890. The van der Waals surface area contributed by atoms with Crippen LogP contribution in [0.5, 0.6) is 0 Å². The average Bonchev–Trinajstić information content (AvgIpc) is 2.61. The van der Waals surface area contributed by atoms with Crippen LogP contribution >= 0.6 is 0 Å². The maximum Gasteiger partial charge on any atom is 0.0300 e. The zero-order chi connectivity index (χ0) is 10.7. The van der Waals surface area contributed by atoms with Crippen LogP contribution in [0.3, 0.4) is 0 Å². The highest BCUT2D eigenvalue weighted by molar-refractivity contribution is 5.14. The van der Waals surface area contributed by atoms with E-state index in [0.717, 1.165) is 12.3 Å². The third kappa shape index (κ3) is 2.57. The minimum Gasteiger partial charge on any atom is -0.325 e. The molecule has 0 bridgehead atoms. The quantitative estimate of drug-likeness (QED) is 0.821. The lowest BCUT2D eigenvalue weighted by atomic mass is 9.89. The first kappa shape index (κ1) is 10.6. The highest BCUT2D eigenvalue weighted by Crippen LogP contribution is 2.36. The summed E-state index contributed by atoms with van der Waals surface area (Å²) in [5.41, 5.74) is 7.74. The van der Waals surface area contributed by atoms with Gasteiger partial charge in [-0.1, -0.05) is 19.4 Å². The van der Waals surface area contributed by atoms with Crippen molar-refractivity contribution in [2.75, 3.05) is 0 Å². The molecule has 2 N–H and O–H groups in total. The van der Waals surface area contributed by atoms with Gasteiger partial charge < -0.3 is 5.73 Å². The Morgan fingerprint density at radius 3 is 3.07 bits per heavy atom. The number of hydrogen-bond donors (Lipinski definition) is 1. The number of hydrogen-bond acceptors (Lipinski definition) is 2. The maximum absolute atomic E-state index is 6.43. The molecule has 1 heterocycles. The molecule has 1 saturated carbocycles. The summed E-state index contributed by atoms with van der Waals surface area (Å²) in [6.07, 6.45) is 9.65. The Balaban J connectivity index is 2.00. The lowest BCUT2D eigenvalue weighted by Gasteiger charge is -2.24. The zero-order valence-electron chi connectivity index (χ0n) is 9.45. The molecule has 2 unspecified atom stereocenters. The lowest BCUT2D eigenvalue weighted by Crippen LogP contribution is -2.39. The Bertz CT molecular complexity index is 310. The van der Waals surface area contributed by atoms with E-state index in [9.17, 15) is 0 Å². The van der Waals surface area contributed by atoms with Crippen molar-refractivity contribution in [3.05, 3.63) is 30.1 Å². The molecule has 0 aliphatic heterocycles. The maximum atomic E-state index is 6.43. The summed E-state index contributed by atoms with van der Waals surface area (Å²) in [5, 5.41) is 0. The fraction of sp³-hybridized carbons (Fsp3) is 0.615. The topological polar surface area (TPSA) is 38.9 Å². The summed E-state index contributed by atoms with van der Waals surface area (Å²) in [5.74, 6) is 0.840. The van der Waals surface area contributed by atoms with E-state index in [1.165, 1.54) is 31.2 Å². The third-order valence-electron chi connectivity index (χ3n) is 3.60. The molecular weight excluding hydrogens is 184 g/mol. The van der Waals surface area contributed by atoms with E-state index < -0.39 is 0 Å². The van der Waals surface area contributed by atoms with Crippen LogP contribution in [0.2, 0.25) is 0 Å². The fourth-order valence-electron chi connectivity index (χ4n) is 2.69. The highest BCUT2D eigenvalue weighted by atomic mass is 14.8. The summed E-state index contributed by atoms with van der Waals surface area (Å²) >= 11 is 0. The van der Waals surface area contributed by atoms with Crippen LogP contribution in [0.1, 0.15) is 38.2 Å². The summed E-state index contributed by atoms with van der Waals surface area (Å²) in [7, 11) is 0. The minimum atomic E-state index is 0.0315. The molecule has 0 saturated heterocycles. The van der Waals surface area contributed by atoms with Crippen LogP contribution < -0.4 is 5.73 Å². The molecule has 1 aromatic heterocycles. The standard InChI is InChI=1S/C13H20N2/c1-2-11-5-6-13(14,8-11)9-12-4-3-7-15-10-12/h3-4,7,10-11H,2,5-6,8-9,14H2,1H3. The van der Waals surface area contributed by atoms with Crippen molar-refractivity contribution in [2.24, 2.45) is 11.7 Å². The van der Waals surface area contributed by atoms with Gasteiger partial charge in [-0.3, -0.25) is 4.98 Å². The van der Waals surface area contributed by atoms with Gasteiger partial charge in [0.25, 0.3) is 0 Å². The predicted molar refractivity (Wildman–Crippen MR) is 62.5 cm³/mol. The van der Waals surface area contributed by atoms with Gasteiger partial charge in [-0.25, -0.2) is 0 Å². The largest absolute Gasteiger partial charge is 0.325 e. The molecule has 2 heteroatoms. The molecule has 1 fully saturated rings. The van der Waals surface area contributed by atoms with E-state index >= 15 is 0 Å². The zero-order valence-corrected chi connectivity index (χ0v) is 9.45. The molecule has 0 radical (unpaired) electrons. The predicted octanol–water partition coefficient (Wildman–Crippen LogP) is 2.53. The molecule has 15 heavy (non-hydrogen) atoms. The van der Waals surface area contributed by atoms with Crippen LogP contribution in [0.15, 0.2) is 24.5 Å². The van der Waals surface area contributed by atoms with Crippen LogP contribution in [0.4, 0.5) is 0 Å². The molecule has 2 nitrogen and oxygen atoms in total. The van der Waals surface area contributed by atoms with Gasteiger partial charge in [-0.05, 0) is 43.2 Å². The van der Waals surface area contributed by atoms with Crippen molar-refractivity contribution in [3.8, 4) is 0 Å². The number of nitrogens with zero attached hydrogens (tertiary/aromatic N) is 1. The Morgan fingerprint density at radius 2 is 2.47 bits per heavy atom. The Kier molecular flexibility index (Phi) is 3.06. The lowest BCUT2D eigenvalue weighted by molar-refractivity contribution is 0.406. The summed E-state index contributed by atoms with van der Waals surface area (Å²) in [4.78, 5) is 4.14. The normalized spacial score (nSPS) is 30.7. The van der Waals surface area contributed by atoms with Crippen molar-refractivity contribution in [1.29, 1.82) is 0 Å². The molecule has 0 spiro atoms. The first-order chi connectivity index (χ1) is 7.22. The van der Waals surface area contributed by atoms with Crippen LogP contribution in [-0.4, -0.2) is 10.5 Å². The van der Waals surface area contributed by atoms with Crippen LogP contribution in [-0.2, 0) is 6.42 Å². The van der Waals surface area contributed by atoms with E-state index in [-0.39, 0.29) is 5.54 Å². The highest BCUT2D eigenvalue weighted by Gasteiger charge is 2.34. The van der Waals surface area contributed by atoms with Crippen LogP contribution in [0, 0.1) is 5.92 Å². The van der Waals surface area contributed by atoms with E-state index in [1.807, 2.05) is 18.5 Å². The summed E-state index contributed by atoms with van der Waals surface area (Å²) < 4.78 is 0. The second-order valence-corrected chi connectivity index (χ2v) is 4.92. The van der Waals surface area contributed by atoms with Gasteiger partial charge in [-0.15, -0.1) is 0 Å². The molecular formula is C13H20N2. The third-order valence-corrected chi connectivity index (χ3v) is 3.60. The number of nitrogens with two attached hydrogens (primary N) is 1. The van der Waals surface area contributed by atoms with Gasteiger partial charge in [0, 0.05) is 17.9 Å². The van der Waals surface area contributed by atoms with Gasteiger partial charge in [0.2, 0.25) is 0 Å². The van der Waals surface area contributed by atoms with E-state index in [2.05, 4.69) is 18.0 Å². The van der Waals surface area contributed by atoms with Gasteiger partial charge in [0.05, 0.1) is 0 Å². The van der Waals surface area contributed by atoms with Crippen molar-refractivity contribution in [3.63, 3.8) is 0 Å². The van der Waals surface area contributed by atoms with E-state index in [0.29, 0.717) is 0 Å². The van der Waals surface area contributed by atoms with Gasteiger partial charge in [0.15, 0.2) is 0 Å². The minimum absolute atomic E-state index is 0.0315. The SMILES string of the molecule is CCC1CCC(N)(Cc2cccnc2)C1. The smallest absolute Gasteiger partial charge is 0.0300 e. The van der Waals surface area contributed by atoms with Crippen LogP contribution in [0.25, 0.3) is 0 Å². The molecule has 82 valence electrons.